The summed E-state index contributed by atoms with van der Waals surface area (Å²) >= 11 is 5.70. The average molecular weight is 259 g/mol. The van der Waals surface area contributed by atoms with Crippen LogP contribution in [0.5, 0.6) is 0 Å². The van der Waals surface area contributed by atoms with Crippen LogP contribution in [0.2, 0.25) is 5.02 Å². The average Bonchev–Trinajstić information content (AvgIpc) is 2.17. The van der Waals surface area contributed by atoms with E-state index in [1.165, 1.54) is 12.1 Å². The molecule has 0 bridgehead atoms. The van der Waals surface area contributed by atoms with Gasteiger partial charge in [0, 0.05) is 11.1 Å². The van der Waals surface area contributed by atoms with E-state index in [-0.39, 0.29) is 11.3 Å². The molecule has 0 aliphatic rings. The number of hydrogen-bond donors (Lipinski definition) is 1. The fourth-order valence-electron chi connectivity index (χ4n) is 1.15. The first-order valence-electron chi connectivity index (χ1n) is 4.60. The van der Waals surface area contributed by atoms with Crippen molar-refractivity contribution in [3.63, 3.8) is 0 Å². The summed E-state index contributed by atoms with van der Waals surface area (Å²) in [5.74, 6) is 0. The summed E-state index contributed by atoms with van der Waals surface area (Å²) in [5, 5.41) is 8.80. The Labute approximate surface area is 99.9 Å². The van der Waals surface area contributed by atoms with Crippen molar-refractivity contribution >= 4 is 21.6 Å². The van der Waals surface area contributed by atoms with Crippen LogP contribution in [0, 0.1) is 11.3 Å². The Morgan fingerprint density at radius 2 is 2.25 bits per heavy atom. The predicted octanol–water partition coefficient (Wildman–Crippen LogP) is 1.92. The van der Waals surface area contributed by atoms with Gasteiger partial charge in [-0.3, -0.25) is 0 Å². The Bertz CT molecular complexity index is 508. The van der Waals surface area contributed by atoms with E-state index in [1.807, 2.05) is 6.07 Å². The molecule has 0 saturated heterocycles. The van der Waals surface area contributed by atoms with Gasteiger partial charge in [0.25, 0.3) is 0 Å². The summed E-state index contributed by atoms with van der Waals surface area (Å²) in [7, 11) is -3.59. The maximum atomic E-state index is 11.8. The number of sulfonamides is 1. The Morgan fingerprint density at radius 3 is 2.81 bits per heavy atom. The summed E-state index contributed by atoms with van der Waals surface area (Å²) in [4.78, 5) is 0.102. The molecule has 1 rings (SSSR count). The van der Waals surface area contributed by atoms with Gasteiger partial charge in [0.15, 0.2) is 0 Å². The van der Waals surface area contributed by atoms with Crippen LogP contribution in [0.3, 0.4) is 0 Å². The number of benzene rings is 1. The normalized spacial score (nSPS) is 13.1. The zero-order valence-corrected chi connectivity index (χ0v) is 10.2. The van der Waals surface area contributed by atoms with Crippen molar-refractivity contribution < 1.29 is 8.42 Å². The Hall–Kier alpha value is -1.09. The number of nitrogens with one attached hydrogen (secondary N) is 1. The zero-order valence-electron chi connectivity index (χ0n) is 8.64. The minimum absolute atomic E-state index is 0.102. The second kappa shape index (κ2) is 5.30. The molecule has 0 heterocycles. The molecule has 1 aromatic carbocycles. The van der Waals surface area contributed by atoms with Gasteiger partial charge >= 0.3 is 0 Å². The van der Waals surface area contributed by atoms with Crippen LogP contribution in [-0.2, 0) is 10.0 Å². The van der Waals surface area contributed by atoms with Gasteiger partial charge in [0.2, 0.25) is 10.0 Å². The van der Waals surface area contributed by atoms with Crippen LogP contribution in [0.1, 0.15) is 13.3 Å². The maximum Gasteiger partial charge on any atom is 0.240 e. The summed E-state index contributed by atoms with van der Waals surface area (Å²) in [6.45, 7) is 1.63. The maximum absolute atomic E-state index is 11.8. The second-order valence-electron chi connectivity index (χ2n) is 3.34. The molecule has 0 radical (unpaired) electrons. The van der Waals surface area contributed by atoms with Gasteiger partial charge in [0.05, 0.1) is 17.4 Å². The third-order valence-electron chi connectivity index (χ3n) is 1.86. The van der Waals surface area contributed by atoms with Crippen LogP contribution in [0.25, 0.3) is 0 Å². The van der Waals surface area contributed by atoms with Crippen LogP contribution in [0.4, 0.5) is 0 Å². The van der Waals surface area contributed by atoms with Crippen LogP contribution in [0.15, 0.2) is 29.2 Å². The standard InChI is InChI=1S/C10H11ClN2O2S/c1-8(5-6-12)13-16(14,15)10-4-2-3-9(11)7-10/h2-4,7-8,13H,5H2,1H3. The summed E-state index contributed by atoms with van der Waals surface area (Å²) in [6, 6.07) is 7.45. The highest BCUT2D eigenvalue weighted by Gasteiger charge is 2.17. The molecular weight excluding hydrogens is 248 g/mol. The first kappa shape index (κ1) is 13.0. The summed E-state index contributed by atoms with van der Waals surface area (Å²) in [6.07, 6.45) is 0.125. The van der Waals surface area contributed by atoms with E-state index >= 15 is 0 Å². The van der Waals surface area contributed by atoms with Gasteiger partial charge in [-0.1, -0.05) is 17.7 Å². The van der Waals surface area contributed by atoms with Gasteiger partial charge in [-0.15, -0.1) is 0 Å². The van der Waals surface area contributed by atoms with Crippen molar-refractivity contribution in [1.82, 2.24) is 4.72 Å². The Morgan fingerprint density at radius 1 is 1.56 bits per heavy atom. The van der Waals surface area contributed by atoms with E-state index in [0.29, 0.717) is 5.02 Å². The van der Waals surface area contributed by atoms with Crippen molar-refractivity contribution in [3.05, 3.63) is 29.3 Å². The van der Waals surface area contributed by atoms with Gasteiger partial charge in [-0.2, -0.15) is 5.26 Å². The van der Waals surface area contributed by atoms with Crippen molar-refractivity contribution in [2.24, 2.45) is 0 Å². The molecular formula is C10H11ClN2O2S. The minimum atomic E-state index is -3.59. The van der Waals surface area contributed by atoms with Crippen LogP contribution < -0.4 is 4.72 Å². The molecule has 0 amide bonds. The summed E-state index contributed by atoms with van der Waals surface area (Å²) in [5.41, 5.74) is 0. The molecule has 1 unspecified atom stereocenters. The number of nitrogens with zero attached hydrogens (tertiary/aromatic N) is 1. The highest BCUT2D eigenvalue weighted by Crippen LogP contribution is 2.15. The molecule has 0 aliphatic carbocycles. The Kier molecular flexibility index (Phi) is 4.30. The fourth-order valence-corrected chi connectivity index (χ4v) is 2.69. The van der Waals surface area contributed by atoms with E-state index in [0.717, 1.165) is 0 Å². The lowest BCUT2D eigenvalue weighted by Gasteiger charge is -2.11. The Balaban J connectivity index is 2.91. The van der Waals surface area contributed by atoms with E-state index in [1.54, 1.807) is 19.1 Å². The molecule has 16 heavy (non-hydrogen) atoms. The molecule has 0 spiro atoms. The highest BCUT2D eigenvalue weighted by molar-refractivity contribution is 7.89. The molecule has 0 fully saturated rings. The topological polar surface area (TPSA) is 70.0 Å². The van der Waals surface area contributed by atoms with E-state index in [4.69, 9.17) is 16.9 Å². The first-order chi connectivity index (χ1) is 7.45. The summed E-state index contributed by atoms with van der Waals surface area (Å²) < 4.78 is 26.0. The molecule has 0 saturated carbocycles. The zero-order chi connectivity index (χ0) is 12.2. The smallest absolute Gasteiger partial charge is 0.207 e. The molecule has 86 valence electrons. The van der Waals surface area contributed by atoms with Gasteiger partial charge in [-0.25, -0.2) is 13.1 Å². The molecule has 4 nitrogen and oxygen atoms in total. The van der Waals surface area contributed by atoms with Crippen molar-refractivity contribution in [2.45, 2.75) is 24.3 Å². The third kappa shape index (κ3) is 3.49. The lowest BCUT2D eigenvalue weighted by Crippen LogP contribution is -2.32. The van der Waals surface area contributed by atoms with Crippen molar-refractivity contribution in [2.75, 3.05) is 0 Å². The number of rotatable bonds is 4. The molecule has 6 heteroatoms. The number of halogens is 1. The van der Waals surface area contributed by atoms with Gasteiger partial charge in [0.1, 0.15) is 0 Å². The van der Waals surface area contributed by atoms with Gasteiger partial charge in [-0.05, 0) is 25.1 Å². The molecule has 0 aromatic heterocycles. The van der Waals surface area contributed by atoms with Crippen molar-refractivity contribution in [3.8, 4) is 6.07 Å². The van der Waals surface area contributed by atoms with E-state index in [9.17, 15) is 8.42 Å². The minimum Gasteiger partial charge on any atom is -0.207 e. The predicted molar refractivity (Wildman–Crippen MR) is 61.5 cm³/mol. The third-order valence-corrected chi connectivity index (χ3v) is 3.68. The molecule has 1 aromatic rings. The van der Waals surface area contributed by atoms with Crippen molar-refractivity contribution in [1.29, 1.82) is 5.26 Å². The lowest BCUT2D eigenvalue weighted by atomic mass is 10.3. The fraction of sp³-hybridized carbons (Fsp3) is 0.300. The van der Waals surface area contributed by atoms with Crippen LogP contribution in [-0.4, -0.2) is 14.5 Å². The van der Waals surface area contributed by atoms with E-state index < -0.39 is 16.1 Å². The van der Waals surface area contributed by atoms with Crippen LogP contribution >= 0.6 is 11.6 Å². The first-order valence-corrected chi connectivity index (χ1v) is 6.46. The molecule has 1 N–H and O–H groups in total. The van der Waals surface area contributed by atoms with E-state index in [2.05, 4.69) is 4.72 Å². The second-order valence-corrected chi connectivity index (χ2v) is 5.49. The highest BCUT2D eigenvalue weighted by atomic mass is 35.5. The largest absolute Gasteiger partial charge is 0.240 e. The molecule has 1 atom stereocenters. The number of hydrogen-bond acceptors (Lipinski definition) is 3. The SMILES string of the molecule is CC(CC#N)NS(=O)(=O)c1cccc(Cl)c1. The quantitative estimate of drug-likeness (QED) is 0.897. The lowest BCUT2D eigenvalue weighted by molar-refractivity contribution is 0.563. The number of nitriles is 1. The monoisotopic (exact) mass is 258 g/mol. The molecule has 0 aliphatic heterocycles. The van der Waals surface area contributed by atoms with Gasteiger partial charge < -0.3 is 0 Å².